The number of hydrogen-bond acceptors (Lipinski definition) is 4. The molecule has 0 spiro atoms. The maximum Gasteiger partial charge on any atom is 0.239 e. The molecule has 0 amide bonds. The molecule has 2 heterocycles. The van der Waals surface area contributed by atoms with E-state index >= 15 is 0 Å². The Hall–Kier alpha value is -1.45. The third-order valence-corrected chi connectivity index (χ3v) is 3.62. The molecular formula is C16H27N3O. The molecule has 20 heavy (non-hydrogen) atoms. The Kier molecular flexibility index (Phi) is 4.41. The summed E-state index contributed by atoms with van der Waals surface area (Å²) < 4.78 is 5.85. The van der Waals surface area contributed by atoms with Crippen molar-refractivity contribution >= 4 is 11.5 Å². The van der Waals surface area contributed by atoms with Crippen LogP contribution in [-0.4, -0.2) is 23.7 Å². The van der Waals surface area contributed by atoms with Crippen molar-refractivity contribution in [1.29, 1.82) is 0 Å². The normalized spacial score (nSPS) is 20.6. The van der Waals surface area contributed by atoms with E-state index in [9.17, 15) is 0 Å². The van der Waals surface area contributed by atoms with E-state index in [1.54, 1.807) is 0 Å². The van der Waals surface area contributed by atoms with Crippen molar-refractivity contribution in [3.05, 3.63) is 12.1 Å². The SMILES string of the molecule is CC1CCCN(c2ccc(N)c(OC(C)(C)C)n2)CC1. The summed E-state index contributed by atoms with van der Waals surface area (Å²) in [5.41, 5.74) is 6.29. The highest BCUT2D eigenvalue weighted by Gasteiger charge is 2.19. The molecule has 0 bridgehead atoms. The minimum absolute atomic E-state index is 0.285. The molecule has 1 atom stereocenters. The zero-order chi connectivity index (χ0) is 14.8. The fourth-order valence-corrected chi connectivity index (χ4v) is 2.48. The van der Waals surface area contributed by atoms with Crippen LogP contribution in [0.5, 0.6) is 5.88 Å². The lowest BCUT2D eigenvalue weighted by Crippen LogP contribution is -2.27. The Bertz CT molecular complexity index is 454. The molecule has 1 saturated heterocycles. The van der Waals surface area contributed by atoms with Crippen LogP contribution in [-0.2, 0) is 0 Å². The number of ether oxygens (including phenoxy) is 1. The predicted molar refractivity (Wildman–Crippen MR) is 84.3 cm³/mol. The maximum atomic E-state index is 5.97. The van der Waals surface area contributed by atoms with E-state index in [1.807, 2.05) is 32.9 Å². The number of nitrogens with two attached hydrogens (primary N) is 1. The number of nitrogens with zero attached hydrogens (tertiary/aromatic N) is 2. The Morgan fingerprint density at radius 1 is 1.25 bits per heavy atom. The second-order valence-corrected chi connectivity index (χ2v) is 6.80. The third-order valence-electron chi connectivity index (χ3n) is 3.62. The number of rotatable bonds is 2. The van der Waals surface area contributed by atoms with Crippen LogP contribution < -0.4 is 15.4 Å². The number of pyridine rings is 1. The number of hydrogen-bond donors (Lipinski definition) is 1. The van der Waals surface area contributed by atoms with Gasteiger partial charge in [0.05, 0.1) is 5.69 Å². The smallest absolute Gasteiger partial charge is 0.239 e. The van der Waals surface area contributed by atoms with Gasteiger partial charge in [-0.2, -0.15) is 4.98 Å². The van der Waals surface area contributed by atoms with E-state index in [2.05, 4.69) is 16.8 Å². The lowest BCUT2D eigenvalue weighted by atomic mass is 10.0. The first kappa shape index (κ1) is 14.9. The van der Waals surface area contributed by atoms with Crippen molar-refractivity contribution in [3.8, 4) is 5.88 Å². The monoisotopic (exact) mass is 277 g/mol. The van der Waals surface area contributed by atoms with Crippen LogP contribution in [0.25, 0.3) is 0 Å². The second kappa shape index (κ2) is 5.90. The quantitative estimate of drug-likeness (QED) is 0.899. The van der Waals surface area contributed by atoms with E-state index in [-0.39, 0.29) is 5.60 Å². The van der Waals surface area contributed by atoms with Gasteiger partial charge in [-0.05, 0) is 58.1 Å². The van der Waals surface area contributed by atoms with Gasteiger partial charge in [0.25, 0.3) is 0 Å². The van der Waals surface area contributed by atoms with Crippen LogP contribution in [0.2, 0.25) is 0 Å². The highest BCUT2D eigenvalue weighted by Crippen LogP contribution is 2.28. The van der Waals surface area contributed by atoms with E-state index < -0.39 is 0 Å². The molecule has 4 nitrogen and oxygen atoms in total. The van der Waals surface area contributed by atoms with Crippen molar-refractivity contribution in [2.24, 2.45) is 5.92 Å². The Morgan fingerprint density at radius 2 is 2.00 bits per heavy atom. The first-order valence-electron chi connectivity index (χ1n) is 7.55. The fourth-order valence-electron chi connectivity index (χ4n) is 2.48. The van der Waals surface area contributed by atoms with Gasteiger partial charge in [-0.15, -0.1) is 0 Å². The summed E-state index contributed by atoms with van der Waals surface area (Å²) >= 11 is 0. The molecule has 0 radical (unpaired) electrons. The summed E-state index contributed by atoms with van der Waals surface area (Å²) in [5, 5.41) is 0. The van der Waals surface area contributed by atoms with E-state index in [4.69, 9.17) is 10.5 Å². The minimum Gasteiger partial charge on any atom is -0.470 e. The lowest BCUT2D eigenvalue weighted by molar-refractivity contribution is 0.125. The molecular weight excluding hydrogens is 250 g/mol. The number of nitrogen functional groups attached to an aromatic ring is 1. The van der Waals surface area contributed by atoms with Gasteiger partial charge >= 0.3 is 0 Å². The first-order valence-corrected chi connectivity index (χ1v) is 7.55. The predicted octanol–water partition coefficient (Wildman–Crippen LogP) is 3.47. The largest absolute Gasteiger partial charge is 0.470 e. The summed E-state index contributed by atoms with van der Waals surface area (Å²) in [6, 6.07) is 3.90. The van der Waals surface area contributed by atoms with Crippen LogP contribution >= 0.6 is 0 Å². The van der Waals surface area contributed by atoms with Crippen LogP contribution in [0.4, 0.5) is 11.5 Å². The van der Waals surface area contributed by atoms with Gasteiger partial charge in [0.2, 0.25) is 5.88 Å². The molecule has 0 aliphatic carbocycles. The lowest BCUT2D eigenvalue weighted by Gasteiger charge is -2.25. The molecule has 1 aromatic rings. The van der Waals surface area contributed by atoms with Crippen molar-refractivity contribution < 1.29 is 4.74 Å². The molecule has 1 unspecified atom stereocenters. The molecule has 0 aromatic carbocycles. The van der Waals surface area contributed by atoms with Gasteiger partial charge in [0, 0.05) is 13.1 Å². The molecule has 112 valence electrons. The van der Waals surface area contributed by atoms with Crippen molar-refractivity contribution in [3.63, 3.8) is 0 Å². The minimum atomic E-state index is -0.285. The van der Waals surface area contributed by atoms with Crippen molar-refractivity contribution in [2.45, 2.75) is 52.6 Å². The second-order valence-electron chi connectivity index (χ2n) is 6.80. The van der Waals surface area contributed by atoms with Gasteiger partial charge in [0.15, 0.2) is 0 Å². The Morgan fingerprint density at radius 3 is 2.70 bits per heavy atom. The van der Waals surface area contributed by atoms with Gasteiger partial charge < -0.3 is 15.4 Å². The average molecular weight is 277 g/mol. The summed E-state index contributed by atoms with van der Waals surface area (Å²) in [6.07, 6.45) is 3.75. The van der Waals surface area contributed by atoms with Crippen LogP contribution in [0, 0.1) is 5.92 Å². The molecule has 1 aliphatic rings. The van der Waals surface area contributed by atoms with E-state index in [1.165, 1.54) is 19.3 Å². The maximum absolute atomic E-state index is 5.97. The summed E-state index contributed by atoms with van der Waals surface area (Å²) in [4.78, 5) is 6.97. The fraction of sp³-hybridized carbons (Fsp3) is 0.688. The zero-order valence-electron chi connectivity index (χ0n) is 13.1. The molecule has 1 aliphatic heterocycles. The van der Waals surface area contributed by atoms with Crippen LogP contribution in [0.3, 0.4) is 0 Å². The topological polar surface area (TPSA) is 51.4 Å². The molecule has 1 fully saturated rings. The molecule has 0 saturated carbocycles. The zero-order valence-corrected chi connectivity index (χ0v) is 13.1. The van der Waals surface area contributed by atoms with Gasteiger partial charge in [-0.25, -0.2) is 0 Å². The van der Waals surface area contributed by atoms with Gasteiger partial charge in [0.1, 0.15) is 11.4 Å². The summed E-state index contributed by atoms with van der Waals surface area (Å²) in [6.45, 7) is 10.5. The van der Waals surface area contributed by atoms with E-state index in [0.717, 1.165) is 24.8 Å². The average Bonchev–Trinajstić information content (AvgIpc) is 2.55. The standard InChI is InChI=1S/C16H27N3O/c1-12-6-5-10-19(11-9-12)14-8-7-13(17)15(18-14)20-16(2,3)4/h7-8,12H,5-6,9-11,17H2,1-4H3. The van der Waals surface area contributed by atoms with Crippen LogP contribution in [0.1, 0.15) is 47.0 Å². The van der Waals surface area contributed by atoms with Crippen LogP contribution in [0.15, 0.2) is 12.1 Å². The third kappa shape index (κ3) is 4.02. The first-order chi connectivity index (χ1) is 9.35. The highest BCUT2D eigenvalue weighted by molar-refractivity contribution is 5.54. The summed E-state index contributed by atoms with van der Waals surface area (Å²) in [5.74, 6) is 2.33. The van der Waals surface area contributed by atoms with E-state index in [0.29, 0.717) is 11.6 Å². The Labute approximate surface area is 122 Å². The van der Waals surface area contributed by atoms with Crippen molar-refractivity contribution in [1.82, 2.24) is 4.98 Å². The Balaban J connectivity index is 2.18. The number of anilines is 2. The molecule has 2 N–H and O–H groups in total. The molecule has 4 heteroatoms. The molecule has 2 rings (SSSR count). The van der Waals surface area contributed by atoms with Gasteiger partial charge in [-0.1, -0.05) is 6.92 Å². The highest BCUT2D eigenvalue weighted by atomic mass is 16.5. The van der Waals surface area contributed by atoms with Gasteiger partial charge in [-0.3, -0.25) is 0 Å². The summed E-state index contributed by atoms with van der Waals surface area (Å²) in [7, 11) is 0. The molecule has 1 aromatic heterocycles. The number of aromatic nitrogens is 1. The van der Waals surface area contributed by atoms with Crippen molar-refractivity contribution in [2.75, 3.05) is 23.7 Å².